The quantitative estimate of drug-likeness (QED) is 0.881. The summed E-state index contributed by atoms with van der Waals surface area (Å²) in [5.74, 6) is 0.471. The highest BCUT2D eigenvalue weighted by atomic mass is 32.2. The standard InChI is InChI=1S/C13H19NO3S/c1-13(2)10-14(7-8-18(13,16)17)9-11-3-5-12(15)6-4-11/h3-6,15H,7-10H2,1-2H3. The van der Waals surface area contributed by atoms with Gasteiger partial charge in [0.1, 0.15) is 5.75 Å². The van der Waals surface area contributed by atoms with E-state index in [1.165, 1.54) is 0 Å². The number of nitrogens with zero attached hydrogens (tertiary/aromatic N) is 1. The van der Waals surface area contributed by atoms with Crippen molar-refractivity contribution < 1.29 is 13.5 Å². The summed E-state index contributed by atoms with van der Waals surface area (Å²) in [7, 11) is -2.97. The van der Waals surface area contributed by atoms with E-state index in [2.05, 4.69) is 4.90 Å². The molecule has 0 atom stereocenters. The number of sulfone groups is 1. The molecule has 1 aliphatic heterocycles. The van der Waals surface area contributed by atoms with E-state index in [1.807, 2.05) is 12.1 Å². The van der Waals surface area contributed by atoms with Gasteiger partial charge >= 0.3 is 0 Å². The van der Waals surface area contributed by atoms with Crippen LogP contribution in [0, 0.1) is 0 Å². The Morgan fingerprint density at radius 2 is 1.89 bits per heavy atom. The minimum Gasteiger partial charge on any atom is -0.508 e. The lowest BCUT2D eigenvalue weighted by Gasteiger charge is -2.37. The Hall–Kier alpha value is -1.07. The SMILES string of the molecule is CC1(C)CN(Cc2ccc(O)cc2)CCS1(=O)=O. The molecule has 0 radical (unpaired) electrons. The van der Waals surface area contributed by atoms with E-state index in [-0.39, 0.29) is 11.5 Å². The molecular formula is C13H19NO3S. The Morgan fingerprint density at radius 3 is 2.44 bits per heavy atom. The highest BCUT2D eigenvalue weighted by molar-refractivity contribution is 7.92. The molecule has 1 fully saturated rings. The van der Waals surface area contributed by atoms with Gasteiger partial charge in [0.2, 0.25) is 0 Å². The Balaban J connectivity index is 2.07. The number of hydrogen-bond acceptors (Lipinski definition) is 4. The van der Waals surface area contributed by atoms with E-state index in [0.29, 0.717) is 13.1 Å². The molecule has 4 nitrogen and oxygen atoms in total. The molecule has 100 valence electrons. The molecule has 0 spiro atoms. The van der Waals surface area contributed by atoms with Gasteiger partial charge in [-0.3, -0.25) is 4.90 Å². The topological polar surface area (TPSA) is 57.6 Å². The zero-order chi connectivity index (χ0) is 13.4. The first-order valence-electron chi connectivity index (χ1n) is 6.03. The lowest BCUT2D eigenvalue weighted by atomic mass is 10.1. The Morgan fingerprint density at radius 1 is 1.28 bits per heavy atom. The first-order chi connectivity index (χ1) is 8.30. The first kappa shape index (κ1) is 13.4. The van der Waals surface area contributed by atoms with Crippen molar-refractivity contribution in [3.63, 3.8) is 0 Å². The van der Waals surface area contributed by atoms with E-state index in [4.69, 9.17) is 0 Å². The molecule has 5 heteroatoms. The lowest BCUT2D eigenvalue weighted by molar-refractivity contribution is 0.241. The molecule has 0 aliphatic carbocycles. The summed E-state index contributed by atoms with van der Waals surface area (Å²) in [6.07, 6.45) is 0. The Bertz CT molecular complexity index is 520. The number of benzene rings is 1. The summed E-state index contributed by atoms with van der Waals surface area (Å²) in [6.45, 7) is 5.42. The van der Waals surface area contributed by atoms with E-state index in [9.17, 15) is 13.5 Å². The van der Waals surface area contributed by atoms with Gasteiger partial charge in [-0.25, -0.2) is 8.42 Å². The number of phenolic OH excluding ortho intramolecular Hbond substituents is 1. The summed E-state index contributed by atoms with van der Waals surface area (Å²) >= 11 is 0. The van der Waals surface area contributed by atoms with Crippen LogP contribution in [0.3, 0.4) is 0 Å². The van der Waals surface area contributed by atoms with E-state index >= 15 is 0 Å². The van der Waals surface area contributed by atoms with Crippen molar-refractivity contribution >= 4 is 9.84 Å². The predicted molar refractivity (Wildman–Crippen MR) is 71.2 cm³/mol. The van der Waals surface area contributed by atoms with Crippen molar-refractivity contribution in [2.75, 3.05) is 18.8 Å². The molecule has 2 rings (SSSR count). The van der Waals surface area contributed by atoms with Crippen molar-refractivity contribution in [3.8, 4) is 5.75 Å². The Kier molecular flexibility index (Phi) is 3.38. The van der Waals surface area contributed by atoms with Crippen LogP contribution in [0.1, 0.15) is 19.4 Å². The van der Waals surface area contributed by atoms with Crippen molar-refractivity contribution in [2.24, 2.45) is 0 Å². The van der Waals surface area contributed by atoms with Gasteiger partial charge in [-0.05, 0) is 31.5 Å². The van der Waals surface area contributed by atoms with Crippen LogP contribution in [-0.2, 0) is 16.4 Å². The lowest BCUT2D eigenvalue weighted by Crippen LogP contribution is -2.52. The normalized spacial score (nSPS) is 22.8. The molecule has 1 saturated heterocycles. The fourth-order valence-corrected chi connectivity index (χ4v) is 3.67. The molecule has 18 heavy (non-hydrogen) atoms. The third-order valence-corrected chi connectivity index (χ3v) is 6.00. The zero-order valence-electron chi connectivity index (χ0n) is 10.8. The molecule has 1 aromatic carbocycles. The van der Waals surface area contributed by atoms with Gasteiger partial charge in [-0.15, -0.1) is 0 Å². The molecule has 1 aromatic rings. The second-order valence-corrected chi connectivity index (χ2v) is 8.20. The summed E-state index contributed by atoms with van der Waals surface area (Å²) in [5, 5.41) is 9.22. The molecule has 0 amide bonds. The molecule has 0 saturated carbocycles. The van der Waals surface area contributed by atoms with Gasteiger partial charge in [0, 0.05) is 19.6 Å². The van der Waals surface area contributed by atoms with Crippen LogP contribution in [0.5, 0.6) is 5.75 Å². The number of aromatic hydroxyl groups is 1. The first-order valence-corrected chi connectivity index (χ1v) is 7.68. The molecule has 0 aromatic heterocycles. The molecule has 1 N–H and O–H groups in total. The van der Waals surface area contributed by atoms with Crippen LogP contribution < -0.4 is 0 Å². The minimum absolute atomic E-state index is 0.220. The maximum atomic E-state index is 11.9. The largest absolute Gasteiger partial charge is 0.508 e. The maximum absolute atomic E-state index is 11.9. The van der Waals surface area contributed by atoms with Gasteiger partial charge in [0.15, 0.2) is 9.84 Å². The average Bonchev–Trinajstić information content (AvgIpc) is 2.27. The van der Waals surface area contributed by atoms with Crippen LogP contribution in [0.2, 0.25) is 0 Å². The van der Waals surface area contributed by atoms with Crippen molar-refractivity contribution in [2.45, 2.75) is 25.1 Å². The monoisotopic (exact) mass is 269 g/mol. The third kappa shape index (κ3) is 2.67. The summed E-state index contributed by atoms with van der Waals surface area (Å²) in [4.78, 5) is 2.15. The van der Waals surface area contributed by atoms with Gasteiger partial charge < -0.3 is 5.11 Å². The average molecular weight is 269 g/mol. The van der Waals surface area contributed by atoms with Crippen LogP contribution >= 0.6 is 0 Å². The highest BCUT2D eigenvalue weighted by Crippen LogP contribution is 2.25. The fraction of sp³-hybridized carbons (Fsp3) is 0.538. The van der Waals surface area contributed by atoms with Gasteiger partial charge in [-0.1, -0.05) is 12.1 Å². The number of hydrogen-bond donors (Lipinski definition) is 1. The summed E-state index contributed by atoms with van der Waals surface area (Å²) in [5.41, 5.74) is 1.09. The summed E-state index contributed by atoms with van der Waals surface area (Å²) < 4.78 is 23.1. The minimum atomic E-state index is -2.97. The zero-order valence-corrected chi connectivity index (χ0v) is 11.6. The molecule has 0 unspecified atom stereocenters. The molecular weight excluding hydrogens is 250 g/mol. The van der Waals surface area contributed by atoms with Crippen molar-refractivity contribution in [1.29, 1.82) is 0 Å². The van der Waals surface area contributed by atoms with Crippen LogP contribution in [-0.4, -0.2) is 42.0 Å². The second-order valence-electron chi connectivity index (χ2n) is 5.46. The Labute approximate surface area is 108 Å². The van der Waals surface area contributed by atoms with E-state index in [0.717, 1.165) is 12.1 Å². The van der Waals surface area contributed by atoms with E-state index in [1.54, 1.807) is 26.0 Å². The number of rotatable bonds is 2. The molecule has 1 aliphatic rings. The predicted octanol–water partition coefficient (Wildman–Crippen LogP) is 1.40. The summed E-state index contributed by atoms with van der Waals surface area (Å²) in [6, 6.07) is 7.04. The number of phenols is 1. The van der Waals surface area contributed by atoms with Crippen LogP contribution in [0.4, 0.5) is 0 Å². The van der Waals surface area contributed by atoms with Crippen molar-refractivity contribution in [3.05, 3.63) is 29.8 Å². The van der Waals surface area contributed by atoms with Gasteiger partial charge in [-0.2, -0.15) is 0 Å². The molecule has 1 heterocycles. The highest BCUT2D eigenvalue weighted by Gasteiger charge is 2.39. The van der Waals surface area contributed by atoms with Crippen LogP contribution in [0.25, 0.3) is 0 Å². The van der Waals surface area contributed by atoms with Gasteiger partial charge in [0.05, 0.1) is 10.5 Å². The molecule has 0 bridgehead atoms. The van der Waals surface area contributed by atoms with E-state index < -0.39 is 14.6 Å². The van der Waals surface area contributed by atoms with Crippen molar-refractivity contribution in [1.82, 2.24) is 4.90 Å². The maximum Gasteiger partial charge on any atom is 0.157 e. The second kappa shape index (κ2) is 4.55. The third-order valence-electron chi connectivity index (χ3n) is 3.47. The smallest absolute Gasteiger partial charge is 0.157 e. The fourth-order valence-electron chi connectivity index (χ4n) is 2.24. The van der Waals surface area contributed by atoms with Gasteiger partial charge in [0.25, 0.3) is 0 Å². The van der Waals surface area contributed by atoms with Crippen LogP contribution in [0.15, 0.2) is 24.3 Å².